The molecule has 2 amide bonds. The van der Waals surface area contributed by atoms with Gasteiger partial charge in [0, 0.05) is 32.4 Å². The summed E-state index contributed by atoms with van der Waals surface area (Å²) in [6.45, 7) is 6.90. The van der Waals surface area contributed by atoms with Crippen LogP contribution in [0.4, 0.5) is 10.6 Å². The molecule has 1 aromatic heterocycles. The van der Waals surface area contributed by atoms with Crippen molar-refractivity contribution in [2.45, 2.75) is 26.4 Å². The molecule has 0 saturated carbocycles. The Labute approximate surface area is 159 Å². The third-order valence-electron chi connectivity index (χ3n) is 4.67. The summed E-state index contributed by atoms with van der Waals surface area (Å²) in [5.74, 6) is 1.14. The number of nitrogens with zero attached hydrogens (tertiary/aromatic N) is 4. The number of halogens is 1. The van der Waals surface area contributed by atoms with E-state index in [1.54, 1.807) is 6.20 Å². The number of amides is 2. The largest absolute Gasteiger partial charge is 0.353 e. The van der Waals surface area contributed by atoms with E-state index in [-0.39, 0.29) is 17.4 Å². The molecule has 1 aromatic carbocycles. The van der Waals surface area contributed by atoms with E-state index in [1.165, 1.54) is 0 Å². The first-order valence-corrected chi connectivity index (χ1v) is 9.24. The maximum atomic E-state index is 12.7. The van der Waals surface area contributed by atoms with Crippen molar-refractivity contribution in [2.24, 2.45) is 5.92 Å². The number of benzene rings is 1. The van der Waals surface area contributed by atoms with E-state index in [4.69, 9.17) is 11.6 Å². The third kappa shape index (κ3) is 4.43. The SMILES string of the molecule is CC(C)C1CN(c2ccnc(Cl)n2)CCN1C(=O)NCc1ccccc1. The van der Waals surface area contributed by atoms with E-state index in [1.807, 2.05) is 41.3 Å². The van der Waals surface area contributed by atoms with E-state index >= 15 is 0 Å². The fourth-order valence-electron chi connectivity index (χ4n) is 3.22. The maximum Gasteiger partial charge on any atom is 0.318 e. The molecule has 3 rings (SSSR count). The van der Waals surface area contributed by atoms with Crippen molar-refractivity contribution in [1.29, 1.82) is 0 Å². The Bertz CT molecular complexity index is 740. The zero-order valence-corrected chi connectivity index (χ0v) is 15.9. The first-order valence-electron chi connectivity index (χ1n) is 8.86. The second-order valence-corrected chi connectivity index (χ2v) is 7.12. The number of carbonyl (C=O) groups excluding carboxylic acids is 1. The number of nitrogens with one attached hydrogen (secondary N) is 1. The maximum absolute atomic E-state index is 12.7. The van der Waals surface area contributed by atoms with Gasteiger partial charge >= 0.3 is 6.03 Å². The highest BCUT2D eigenvalue weighted by Crippen LogP contribution is 2.22. The number of piperazine rings is 1. The van der Waals surface area contributed by atoms with Crippen LogP contribution in [0.15, 0.2) is 42.6 Å². The topological polar surface area (TPSA) is 61.4 Å². The van der Waals surface area contributed by atoms with Crippen molar-refractivity contribution in [3.05, 3.63) is 53.4 Å². The summed E-state index contributed by atoms with van der Waals surface area (Å²) in [6, 6.07) is 11.9. The summed E-state index contributed by atoms with van der Waals surface area (Å²) in [5.41, 5.74) is 1.09. The Kier molecular flexibility index (Phi) is 5.93. The van der Waals surface area contributed by atoms with Gasteiger partial charge in [-0.2, -0.15) is 0 Å². The molecule has 1 fully saturated rings. The Hall–Kier alpha value is -2.34. The van der Waals surface area contributed by atoms with Crippen LogP contribution in [-0.2, 0) is 6.54 Å². The van der Waals surface area contributed by atoms with Crippen LogP contribution in [0, 0.1) is 5.92 Å². The minimum absolute atomic E-state index is 0.0204. The molecule has 1 saturated heterocycles. The molecule has 138 valence electrons. The van der Waals surface area contributed by atoms with E-state index < -0.39 is 0 Å². The molecule has 1 N–H and O–H groups in total. The number of carbonyl (C=O) groups is 1. The number of rotatable bonds is 4. The van der Waals surface area contributed by atoms with Gasteiger partial charge in [0.05, 0.1) is 6.04 Å². The number of hydrogen-bond donors (Lipinski definition) is 1. The fourth-order valence-corrected chi connectivity index (χ4v) is 3.36. The van der Waals surface area contributed by atoms with Gasteiger partial charge in [-0.15, -0.1) is 0 Å². The molecular formula is C19H24ClN5O. The minimum atomic E-state index is -0.0204. The van der Waals surface area contributed by atoms with Crippen LogP contribution in [0.5, 0.6) is 0 Å². The minimum Gasteiger partial charge on any atom is -0.353 e. The van der Waals surface area contributed by atoms with Gasteiger partial charge in [-0.05, 0) is 29.1 Å². The van der Waals surface area contributed by atoms with Crippen molar-refractivity contribution < 1.29 is 4.79 Å². The zero-order chi connectivity index (χ0) is 18.5. The number of urea groups is 1. The normalized spacial score (nSPS) is 17.5. The second-order valence-electron chi connectivity index (χ2n) is 6.78. The fraction of sp³-hybridized carbons (Fsp3) is 0.421. The first-order chi connectivity index (χ1) is 12.5. The molecule has 0 bridgehead atoms. The molecule has 2 heterocycles. The Morgan fingerprint density at radius 1 is 1.27 bits per heavy atom. The van der Waals surface area contributed by atoms with Crippen LogP contribution in [0.2, 0.25) is 5.28 Å². The Morgan fingerprint density at radius 2 is 2.04 bits per heavy atom. The van der Waals surface area contributed by atoms with Crippen molar-refractivity contribution in [3.63, 3.8) is 0 Å². The van der Waals surface area contributed by atoms with Crippen LogP contribution in [0.1, 0.15) is 19.4 Å². The van der Waals surface area contributed by atoms with Crippen molar-refractivity contribution >= 4 is 23.4 Å². The van der Waals surface area contributed by atoms with Gasteiger partial charge in [0.1, 0.15) is 5.82 Å². The molecule has 26 heavy (non-hydrogen) atoms. The smallest absolute Gasteiger partial charge is 0.318 e. The summed E-state index contributed by atoms with van der Waals surface area (Å²) in [6.07, 6.45) is 1.66. The molecule has 1 unspecified atom stereocenters. The average molecular weight is 374 g/mol. The molecule has 0 radical (unpaired) electrons. The predicted octanol–water partition coefficient (Wildman–Crippen LogP) is 3.19. The molecule has 1 aliphatic heterocycles. The molecule has 1 atom stereocenters. The van der Waals surface area contributed by atoms with Crippen molar-refractivity contribution in [1.82, 2.24) is 20.2 Å². The standard InChI is InChI=1S/C19H24ClN5O/c1-14(2)16-13-24(17-8-9-21-18(20)23-17)10-11-25(16)19(26)22-12-15-6-4-3-5-7-15/h3-9,14,16H,10-13H2,1-2H3,(H,22,26). The molecule has 0 spiro atoms. The molecular weight excluding hydrogens is 350 g/mol. The van der Waals surface area contributed by atoms with E-state index in [0.717, 1.165) is 24.5 Å². The quantitative estimate of drug-likeness (QED) is 0.836. The van der Waals surface area contributed by atoms with Crippen LogP contribution < -0.4 is 10.2 Å². The lowest BCUT2D eigenvalue weighted by atomic mass is 10.00. The highest BCUT2D eigenvalue weighted by atomic mass is 35.5. The van der Waals surface area contributed by atoms with Gasteiger partial charge in [-0.1, -0.05) is 44.2 Å². The summed E-state index contributed by atoms with van der Waals surface area (Å²) < 4.78 is 0. The van der Waals surface area contributed by atoms with Crippen LogP contribution >= 0.6 is 11.6 Å². The van der Waals surface area contributed by atoms with Crippen molar-refractivity contribution in [2.75, 3.05) is 24.5 Å². The summed E-state index contributed by atoms with van der Waals surface area (Å²) in [4.78, 5) is 25.1. The first kappa shape index (κ1) is 18.5. The highest BCUT2D eigenvalue weighted by molar-refractivity contribution is 6.28. The van der Waals surface area contributed by atoms with Gasteiger partial charge in [0.15, 0.2) is 0 Å². The van der Waals surface area contributed by atoms with Gasteiger partial charge in [-0.3, -0.25) is 0 Å². The summed E-state index contributed by atoms with van der Waals surface area (Å²) in [7, 11) is 0. The lowest BCUT2D eigenvalue weighted by Crippen LogP contribution is -2.59. The van der Waals surface area contributed by atoms with Gasteiger partial charge in [0.2, 0.25) is 5.28 Å². The van der Waals surface area contributed by atoms with Gasteiger partial charge in [0.25, 0.3) is 0 Å². The molecule has 0 aliphatic carbocycles. The summed E-state index contributed by atoms with van der Waals surface area (Å²) >= 11 is 5.92. The Balaban J connectivity index is 1.65. The van der Waals surface area contributed by atoms with Crippen LogP contribution in [0.25, 0.3) is 0 Å². The van der Waals surface area contributed by atoms with Crippen LogP contribution in [0.3, 0.4) is 0 Å². The van der Waals surface area contributed by atoms with Gasteiger partial charge < -0.3 is 15.1 Å². The van der Waals surface area contributed by atoms with E-state index in [0.29, 0.717) is 19.0 Å². The van der Waals surface area contributed by atoms with E-state index in [2.05, 4.69) is 34.0 Å². The lowest BCUT2D eigenvalue weighted by Gasteiger charge is -2.43. The lowest BCUT2D eigenvalue weighted by molar-refractivity contribution is 0.144. The zero-order valence-electron chi connectivity index (χ0n) is 15.1. The molecule has 1 aliphatic rings. The highest BCUT2D eigenvalue weighted by Gasteiger charge is 2.32. The van der Waals surface area contributed by atoms with Crippen molar-refractivity contribution in [3.8, 4) is 0 Å². The van der Waals surface area contributed by atoms with Gasteiger partial charge in [-0.25, -0.2) is 14.8 Å². The molecule has 2 aromatic rings. The predicted molar refractivity (Wildman–Crippen MR) is 103 cm³/mol. The number of anilines is 1. The average Bonchev–Trinajstić information content (AvgIpc) is 2.66. The van der Waals surface area contributed by atoms with Crippen LogP contribution in [-0.4, -0.2) is 46.6 Å². The number of hydrogen-bond acceptors (Lipinski definition) is 4. The second kappa shape index (κ2) is 8.36. The molecule has 7 heteroatoms. The summed E-state index contributed by atoms with van der Waals surface area (Å²) in [5, 5.41) is 3.28. The third-order valence-corrected chi connectivity index (χ3v) is 4.85. The molecule has 6 nitrogen and oxygen atoms in total. The Morgan fingerprint density at radius 3 is 2.73 bits per heavy atom. The van der Waals surface area contributed by atoms with E-state index in [9.17, 15) is 4.79 Å². The monoisotopic (exact) mass is 373 g/mol. The number of aromatic nitrogens is 2.